The van der Waals surface area contributed by atoms with Crippen LogP contribution in [0.25, 0.3) is 0 Å². The van der Waals surface area contributed by atoms with Crippen molar-refractivity contribution in [1.82, 2.24) is 9.97 Å². The summed E-state index contributed by atoms with van der Waals surface area (Å²) in [6.07, 6.45) is 2.94. The van der Waals surface area contributed by atoms with Gasteiger partial charge in [-0.25, -0.2) is 9.97 Å². The van der Waals surface area contributed by atoms with Crippen molar-refractivity contribution < 1.29 is 14.2 Å². The van der Waals surface area contributed by atoms with Gasteiger partial charge in [0.05, 0.1) is 18.3 Å². The van der Waals surface area contributed by atoms with Crippen molar-refractivity contribution in [1.29, 1.82) is 0 Å². The van der Waals surface area contributed by atoms with Crippen LogP contribution in [0.2, 0.25) is 10.0 Å². The third-order valence-electron chi connectivity index (χ3n) is 3.38. The van der Waals surface area contributed by atoms with E-state index in [4.69, 9.17) is 43.1 Å². The number of halogens is 2. The molecule has 26 heavy (non-hydrogen) atoms. The van der Waals surface area contributed by atoms with Gasteiger partial charge in [-0.1, -0.05) is 35.3 Å². The van der Waals surface area contributed by atoms with Crippen LogP contribution >= 0.6 is 23.2 Å². The van der Waals surface area contributed by atoms with Gasteiger partial charge in [0, 0.05) is 23.4 Å². The van der Waals surface area contributed by atoms with Crippen LogP contribution in [0.4, 0.5) is 5.82 Å². The molecular weight excluding hydrogens is 377 g/mol. The quantitative estimate of drug-likeness (QED) is 0.653. The first-order valence-corrected chi connectivity index (χ1v) is 8.31. The minimum Gasteiger partial charge on any atom is -0.491 e. The predicted octanol–water partition coefficient (Wildman–Crippen LogP) is 4.75. The number of hydrogen-bond acceptors (Lipinski definition) is 6. The Morgan fingerprint density at radius 2 is 1.73 bits per heavy atom. The molecule has 0 saturated carbocycles. The largest absolute Gasteiger partial charge is 0.491 e. The fraction of sp³-hybridized carbons (Fsp3) is 0.111. The highest BCUT2D eigenvalue weighted by Crippen LogP contribution is 2.33. The fourth-order valence-electron chi connectivity index (χ4n) is 2.10. The number of nitrogens with zero attached hydrogens (tertiary/aromatic N) is 2. The lowest BCUT2D eigenvalue weighted by Crippen LogP contribution is -2.00. The number of aromatic nitrogens is 2. The Morgan fingerprint density at radius 1 is 0.962 bits per heavy atom. The molecule has 3 aromatic rings. The molecule has 0 spiro atoms. The highest BCUT2D eigenvalue weighted by molar-refractivity contribution is 6.30. The molecule has 0 aliphatic heterocycles. The summed E-state index contributed by atoms with van der Waals surface area (Å²) in [5, 5.41) is 1.08. The van der Waals surface area contributed by atoms with Gasteiger partial charge in [0.15, 0.2) is 17.3 Å². The second kappa shape index (κ2) is 8.12. The molecule has 0 bridgehead atoms. The number of nitrogen functional groups attached to an aromatic ring is 1. The summed E-state index contributed by atoms with van der Waals surface area (Å²) >= 11 is 11.8. The molecular formula is C18H15Cl2N3O3. The summed E-state index contributed by atoms with van der Waals surface area (Å²) in [6.45, 7) is 0.325. The molecule has 134 valence electrons. The topological polar surface area (TPSA) is 79.5 Å². The number of rotatable bonds is 6. The van der Waals surface area contributed by atoms with Gasteiger partial charge in [-0.05, 0) is 17.7 Å². The van der Waals surface area contributed by atoms with Crippen LogP contribution in [0.5, 0.6) is 23.1 Å². The average molecular weight is 392 g/mol. The summed E-state index contributed by atoms with van der Waals surface area (Å²) in [4.78, 5) is 8.18. The van der Waals surface area contributed by atoms with Gasteiger partial charge in [0.1, 0.15) is 12.4 Å². The van der Waals surface area contributed by atoms with E-state index in [-0.39, 0.29) is 5.82 Å². The molecule has 0 atom stereocenters. The molecule has 0 saturated heterocycles. The smallest absolute Gasteiger partial charge is 0.257 e. The number of hydrogen-bond donors (Lipinski definition) is 1. The first-order valence-electron chi connectivity index (χ1n) is 7.55. The third kappa shape index (κ3) is 4.47. The molecule has 0 amide bonds. The maximum absolute atomic E-state index is 5.91. The molecule has 2 aromatic heterocycles. The van der Waals surface area contributed by atoms with E-state index in [2.05, 4.69) is 9.97 Å². The van der Waals surface area contributed by atoms with E-state index in [9.17, 15) is 0 Å². The van der Waals surface area contributed by atoms with Crippen LogP contribution in [-0.4, -0.2) is 17.1 Å². The zero-order chi connectivity index (χ0) is 18.5. The van der Waals surface area contributed by atoms with E-state index in [1.165, 1.54) is 19.5 Å². The molecule has 0 aliphatic rings. The van der Waals surface area contributed by atoms with Crippen molar-refractivity contribution in [2.24, 2.45) is 0 Å². The zero-order valence-electron chi connectivity index (χ0n) is 13.8. The minimum absolute atomic E-state index is 0.219. The van der Waals surface area contributed by atoms with Crippen molar-refractivity contribution in [2.45, 2.75) is 6.61 Å². The molecule has 8 heteroatoms. The molecule has 0 radical (unpaired) electrons. The molecule has 0 unspecified atom stereocenters. The van der Waals surface area contributed by atoms with E-state index in [1.807, 2.05) is 12.1 Å². The maximum Gasteiger partial charge on any atom is 0.257 e. The minimum atomic E-state index is 0.219. The lowest BCUT2D eigenvalue weighted by atomic mass is 10.2. The van der Waals surface area contributed by atoms with Crippen LogP contribution in [0.3, 0.4) is 0 Å². The van der Waals surface area contributed by atoms with Crippen LogP contribution in [-0.2, 0) is 6.61 Å². The second-order valence-electron chi connectivity index (χ2n) is 5.23. The SMILES string of the molecule is COc1cc(Oc2cc(Cl)cnc2N)cnc1OCc1ccc(Cl)cc1. The lowest BCUT2D eigenvalue weighted by Gasteiger charge is -2.12. The van der Waals surface area contributed by atoms with Crippen LogP contribution in [0.15, 0.2) is 48.8 Å². The van der Waals surface area contributed by atoms with Gasteiger partial charge in [-0.3, -0.25) is 0 Å². The Bertz CT molecular complexity index is 905. The normalized spacial score (nSPS) is 10.4. The lowest BCUT2D eigenvalue weighted by molar-refractivity contribution is 0.271. The van der Waals surface area contributed by atoms with Crippen LogP contribution in [0.1, 0.15) is 5.56 Å². The summed E-state index contributed by atoms with van der Waals surface area (Å²) < 4.78 is 16.7. The molecule has 0 aliphatic carbocycles. The number of anilines is 1. The van der Waals surface area contributed by atoms with E-state index in [0.29, 0.717) is 39.8 Å². The summed E-state index contributed by atoms with van der Waals surface area (Å²) in [5.74, 6) is 1.72. The molecule has 1 aromatic carbocycles. The first-order chi connectivity index (χ1) is 12.5. The van der Waals surface area contributed by atoms with Gasteiger partial charge < -0.3 is 19.9 Å². The monoisotopic (exact) mass is 391 g/mol. The number of benzene rings is 1. The van der Waals surface area contributed by atoms with Gasteiger partial charge in [-0.15, -0.1) is 0 Å². The van der Waals surface area contributed by atoms with Gasteiger partial charge in [0.25, 0.3) is 5.88 Å². The van der Waals surface area contributed by atoms with Crippen LogP contribution in [0, 0.1) is 0 Å². The number of methoxy groups -OCH3 is 1. The van der Waals surface area contributed by atoms with Crippen LogP contribution < -0.4 is 19.9 Å². The van der Waals surface area contributed by atoms with E-state index < -0.39 is 0 Å². The van der Waals surface area contributed by atoms with Crippen molar-refractivity contribution >= 4 is 29.0 Å². The fourth-order valence-corrected chi connectivity index (χ4v) is 2.37. The predicted molar refractivity (Wildman–Crippen MR) is 100 cm³/mol. The highest BCUT2D eigenvalue weighted by Gasteiger charge is 2.11. The van der Waals surface area contributed by atoms with Crippen molar-refractivity contribution in [2.75, 3.05) is 12.8 Å². The average Bonchev–Trinajstić information content (AvgIpc) is 2.65. The molecule has 6 nitrogen and oxygen atoms in total. The zero-order valence-corrected chi connectivity index (χ0v) is 15.3. The number of pyridine rings is 2. The van der Waals surface area contributed by atoms with E-state index in [1.54, 1.807) is 24.3 Å². The van der Waals surface area contributed by atoms with Crippen molar-refractivity contribution in [3.05, 3.63) is 64.4 Å². The molecule has 3 rings (SSSR count). The Hall–Kier alpha value is -2.70. The molecule has 2 N–H and O–H groups in total. The van der Waals surface area contributed by atoms with E-state index in [0.717, 1.165) is 5.56 Å². The highest BCUT2D eigenvalue weighted by atomic mass is 35.5. The number of ether oxygens (including phenoxy) is 3. The Morgan fingerprint density at radius 3 is 2.46 bits per heavy atom. The Labute approximate surface area is 160 Å². The summed E-state index contributed by atoms with van der Waals surface area (Å²) in [7, 11) is 1.52. The summed E-state index contributed by atoms with van der Waals surface area (Å²) in [5.41, 5.74) is 6.73. The Kier molecular flexibility index (Phi) is 5.65. The molecule has 2 heterocycles. The number of nitrogens with two attached hydrogens (primary N) is 1. The maximum atomic E-state index is 5.91. The third-order valence-corrected chi connectivity index (χ3v) is 3.84. The molecule has 0 fully saturated rings. The van der Waals surface area contributed by atoms with Crippen molar-refractivity contribution in [3.8, 4) is 23.1 Å². The van der Waals surface area contributed by atoms with E-state index >= 15 is 0 Å². The van der Waals surface area contributed by atoms with Gasteiger partial charge in [-0.2, -0.15) is 0 Å². The van der Waals surface area contributed by atoms with Gasteiger partial charge >= 0.3 is 0 Å². The summed E-state index contributed by atoms with van der Waals surface area (Å²) in [6, 6.07) is 10.6. The first kappa shape index (κ1) is 18.1. The second-order valence-corrected chi connectivity index (χ2v) is 6.11. The standard InChI is InChI=1S/C18H15Cl2N3O3/c1-24-16-7-14(26-15-6-13(20)8-22-17(15)21)9-23-18(16)25-10-11-2-4-12(19)5-3-11/h2-9H,10H2,1H3,(H2,21,22). The Balaban J connectivity index is 1.74. The van der Waals surface area contributed by atoms with Crippen molar-refractivity contribution in [3.63, 3.8) is 0 Å². The van der Waals surface area contributed by atoms with Gasteiger partial charge in [0.2, 0.25) is 0 Å².